The summed E-state index contributed by atoms with van der Waals surface area (Å²) in [7, 11) is 1.00. The van der Waals surface area contributed by atoms with Gasteiger partial charge >= 0.3 is 0 Å². The second kappa shape index (κ2) is 14.4. The highest BCUT2D eigenvalue weighted by Crippen LogP contribution is 2.38. The first-order valence-electron chi connectivity index (χ1n) is 9.45. The molecule has 162 valence electrons. The molecule has 0 saturated carbocycles. The van der Waals surface area contributed by atoms with Crippen LogP contribution < -0.4 is 0 Å². The van der Waals surface area contributed by atoms with Crippen molar-refractivity contribution in [2.24, 2.45) is 0 Å². The normalized spacial score (nSPS) is 13.5. The van der Waals surface area contributed by atoms with Gasteiger partial charge in [0.1, 0.15) is 0 Å². The summed E-state index contributed by atoms with van der Waals surface area (Å²) in [6.45, 7) is 8.00. The van der Waals surface area contributed by atoms with E-state index in [0.29, 0.717) is 5.56 Å². The molecular weight excluding hydrogens is 410 g/mol. The molecule has 0 radical (unpaired) electrons. The van der Waals surface area contributed by atoms with E-state index in [9.17, 15) is 18.4 Å². The fourth-order valence-electron chi connectivity index (χ4n) is 2.47. The number of halogens is 2. The Morgan fingerprint density at radius 3 is 2.40 bits per heavy atom. The van der Waals surface area contributed by atoms with Gasteiger partial charge < -0.3 is 5.11 Å². The maximum atomic E-state index is 12.9. The molecule has 8 heteroatoms. The third kappa shape index (κ3) is 7.01. The van der Waals surface area contributed by atoms with Gasteiger partial charge in [0.05, 0.1) is 22.4 Å². The van der Waals surface area contributed by atoms with Gasteiger partial charge in [0, 0.05) is 41.9 Å². The van der Waals surface area contributed by atoms with Gasteiger partial charge in [0.25, 0.3) is 6.43 Å². The lowest BCUT2D eigenvalue weighted by Gasteiger charge is -2.08. The summed E-state index contributed by atoms with van der Waals surface area (Å²) in [5, 5.41) is 15.3. The van der Waals surface area contributed by atoms with Crippen molar-refractivity contribution in [2.45, 2.75) is 50.7 Å². The molecule has 2 heterocycles. The number of aliphatic hydroxyl groups excluding tert-OH is 1. The molecular formula is C22H26F2N2O3S. The van der Waals surface area contributed by atoms with Gasteiger partial charge in [-0.15, -0.1) is 11.8 Å². The Morgan fingerprint density at radius 2 is 1.87 bits per heavy atom. The molecule has 0 aliphatic carbocycles. The fourth-order valence-corrected chi connectivity index (χ4v) is 3.67. The zero-order valence-electron chi connectivity index (χ0n) is 17.6. The molecule has 1 aromatic carbocycles. The molecule has 0 bridgehead atoms. The minimum atomic E-state index is -2.78. The minimum absolute atomic E-state index is 0.00552. The van der Waals surface area contributed by atoms with Crippen molar-refractivity contribution in [1.82, 2.24) is 4.98 Å². The van der Waals surface area contributed by atoms with E-state index in [-0.39, 0.29) is 28.9 Å². The summed E-state index contributed by atoms with van der Waals surface area (Å²) < 4.78 is 25.8. The van der Waals surface area contributed by atoms with Crippen LogP contribution in [0.4, 0.5) is 8.78 Å². The first-order chi connectivity index (χ1) is 14.5. The zero-order chi connectivity index (χ0) is 23.3. The average molecular weight is 437 g/mol. The second-order valence-corrected chi connectivity index (χ2v) is 6.47. The zero-order valence-corrected chi connectivity index (χ0v) is 18.5. The van der Waals surface area contributed by atoms with Crippen molar-refractivity contribution in [2.75, 3.05) is 7.11 Å². The van der Waals surface area contributed by atoms with Crippen molar-refractivity contribution in [1.29, 1.82) is 5.26 Å². The number of aromatic nitrogens is 1. The van der Waals surface area contributed by atoms with Crippen LogP contribution in [0.1, 0.15) is 72.4 Å². The number of carbonyl (C=O) groups excluding carboxylic acids is 2. The van der Waals surface area contributed by atoms with Crippen molar-refractivity contribution in [3.05, 3.63) is 58.9 Å². The Morgan fingerprint density at radius 1 is 1.23 bits per heavy atom. The third-order valence-electron chi connectivity index (χ3n) is 3.64. The van der Waals surface area contributed by atoms with E-state index < -0.39 is 17.5 Å². The number of hydrogen-bond donors (Lipinski definition) is 1. The van der Waals surface area contributed by atoms with Crippen molar-refractivity contribution in [3.63, 3.8) is 0 Å². The monoisotopic (exact) mass is 436 g/mol. The van der Waals surface area contributed by atoms with E-state index >= 15 is 0 Å². The molecule has 1 aromatic heterocycles. The number of carbonyl (C=O) groups is 2. The smallest absolute Gasteiger partial charge is 0.263 e. The van der Waals surface area contributed by atoms with Crippen LogP contribution >= 0.6 is 11.8 Å². The highest BCUT2D eigenvalue weighted by atomic mass is 32.2. The van der Waals surface area contributed by atoms with Crippen molar-refractivity contribution in [3.8, 4) is 6.07 Å². The maximum absolute atomic E-state index is 12.9. The van der Waals surface area contributed by atoms with E-state index in [1.807, 2.05) is 27.7 Å². The predicted molar refractivity (Wildman–Crippen MR) is 114 cm³/mol. The minimum Gasteiger partial charge on any atom is -0.400 e. The molecule has 2 aromatic rings. The van der Waals surface area contributed by atoms with E-state index in [0.717, 1.165) is 24.1 Å². The number of benzene rings is 1. The van der Waals surface area contributed by atoms with E-state index in [1.54, 1.807) is 18.3 Å². The van der Waals surface area contributed by atoms with Crippen LogP contribution in [0.5, 0.6) is 0 Å². The summed E-state index contributed by atoms with van der Waals surface area (Å²) >= 11 is 1.26. The summed E-state index contributed by atoms with van der Waals surface area (Å²) in [4.78, 5) is 29.3. The summed E-state index contributed by atoms with van der Waals surface area (Å²) in [5.74, 6) is -0.636. The van der Waals surface area contributed by atoms with Crippen LogP contribution in [0.2, 0.25) is 0 Å². The number of Topliss-reactive ketones (excluding diaryl/α,β-unsaturated/α-hetero) is 2. The Labute approximate surface area is 180 Å². The average Bonchev–Trinajstić information content (AvgIpc) is 3.12. The lowest BCUT2D eigenvalue weighted by atomic mass is 9.99. The number of nitrogens with zero attached hydrogens (tertiary/aromatic N) is 2. The molecule has 0 saturated heterocycles. The SMILES string of the molecule is CC.CC.CO.N#Cc1cc(C(=O)CC2Sc3ccncc3C2=O)cc(C(F)F)c1. The third-order valence-corrected chi connectivity index (χ3v) is 4.91. The molecule has 3 rings (SSSR count). The summed E-state index contributed by atoms with van der Waals surface area (Å²) in [6, 6.07) is 6.87. The molecule has 1 unspecified atom stereocenters. The lowest BCUT2D eigenvalue weighted by Crippen LogP contribution is -2.17. The van der Waals surface area contributed by atoms with Crippen LogP contribution in [0, 0.1) is 11.3 Å². The molecule has 5 nitrogen and oxygen atoms in total. The number of hydrogen-bond acceptors (Lipinski definition) is 6. The number of aliphatic hydroxyl groups is 1. The number of thioether (sulfide) groups is 1. The van der Waals surface area contributed by atoms with Crippen LogP contribution in [-0.4, -0.2) is 34.0 Å². The topological polar surface area (TPSA) is 91.0 Å². The summed E-state index contributed by atoms with van der Waals surface area (Å²) in [6.07, 6.45) is 0.132. The van der Waals surface area contributed by atoms with Crippen LogP contribution in [0.25, 0.3) is 0 Å². The Balaban J connectivity index is 0.00000129. The molecule has 1 aliphatic heterocycles. The molecule has 0 spiro atoms. The van der Waals surface area contributed by atoms with Crippen molar-refractivity contribution < 1.29 is 23.5 Å². The Bertz CT molecular complexity index is 883. The molecule has 1 aliphatic rings. The van der Waals surface area contributed by atoms with E-state index in [1.165, 1.54) is 24.0 Å². The first kappa shape index (κ1) is 27.4. The van der Waals surface area contributed by atoms with Gasteiger partial charge in [0.2, 0.25) is 0 Å². The number of ketones is 2. The highest BCUT2D eigenvalue weighted by Gasteiger charge is 2.33. The molecule has 1 N–H and O–H groups in total. The van der Waals surface area contributed by atoms with Crippen LogP contribution in [0.3, 0.4) is 0 Å². The van der Waals surface area contributed by atoms with Crippen molar-refractivity contribution >= 4 is 23.3 Å². The van der Waals surface area contributed by atoms with E-state index in [2.05, 4.69) is 4.98 Å². The number of alkyl halides is 2. The van der Waals surface area contributed by atoms with Gasteiger partial charge in [-0.05, 0) is 24.3 Å². The lowest BCUT2D eigenvalue weighted by molar-refractivity contribution is 0.0925. The Kier molecular flexibility index (Phi) is 13.1. The number of pyridine rings is 1. The largest absolute Gasteiger partial charge is 0.400 e. The van der Waals surface area contributed by atoms with Gasteiger partial charge in [0.15, 0.2) is 11.6 Å². The number of rotatable bonds is 4. The maximum Gasteiger partial charge on any atom is 0.263 e. The van der Waals surface area contributed by atoms with Gasteiger partial charge in [-0.25, -0.2) is 8.78 Å². The Hall–Kier alpha value is -2.63. The quantitative estimate of drug-likeness (QED) is 0.638. The molecule has 0 fully saturated rings. The highest BCUT2D eigenvalue weighted by molar-refractivity contribution is 8.01. The molecule has 1 atom stereocenters. The van der Waals surface area contributed by atoms with Crippen LogP contribution in [-0.2, 0) is 0 Å². The standard InChI is InChI=1S/C17H10F2N2O2S.2C2H6.CH4O/c18-17(19)11-4-9(7-20)3-10(5-11)13(22)6-15-16(23)12-8-21-2-1-14(12)24-15;3*1-2/h1-5,8,15,17H,6H2;2*1-2H3;2H,1H3. The van der Waals surface area contributed by atoms with Gasteiger partial charge in [-0.1, -0.05) is 27.7 Å². The fraction of sp³-hybridized carbons (Fsp3) is 0.364. The van der Waals surface area contributed by atoms with Crippen LogP contribution in [0.15, 0.2) is 41.6 Å². The second-order valence-electron chi connectivity index (χ2n) is 5.23. The molecule has 30 heavy (non-hydrogen) atoms. The first-order valence-corrected chi connectivity index (χ1v) is 10.3. The van der Waals surface area contributed by atoms with E-state index in [4.69, 9.17) is 10.4 Å². The molecule has 0 amide bonds. The predicted octanol–water partition coefficient (Wildman–Crippen LogP) is 5.48. The van der Waals surface area contributed by atoms with Gasteiger partial charge in [-0.3, -0.25) is 14.6 Å². The number of fused-ring (bicyclic) bond motifs is 1. The van der Waals surface area contributed by atoms with Gasteiger partial charge in [-0.2, -0.15) is 5.26 Å². The summed E-state index contributed by atoms with van der Waals surface area (Å²) in [5.41, 5.74) is 0.107. The number of nitriles is 1.